The first kappa shape index (κ1) is 15.7. The average molecular weight is 428 g/mol. The number of halogens is 5. The predicted octanol–water partition coefficient (Wildman–Crippen LogP) is 5.72. The first-order valence-corrected chi connectivity index (χ1v) is 7.82. The molecule has 0 spiro atoms. The van der Waals surface area contributed by atoms with Crippen molar-refractivity contribution in [2.75, 3.05) is 0 Å². The molecule has 0 saturated carbocycles. The van der Waals surface area contributed by atoms with Crippen LogP contribution in [0.1, 0.15) is 20.8 Å². The van der Waals surface area contributed by atoms with Gasteiger partial charge in [-0.2, -0.15) is 13.2 Å². The van der Waals surface area contributed by atoms with Crippen molar-refractivity contribution < 1.29 is 18.0 Å². The van der Waals surface area contributed by atoms with Crippen molar-refractivity contribution in [2.24, 2.45) is 0 Å². The van der Waals surface area contributed by atoms with Crippen LogP contribution in [-0.4, -0.2) is 5.78 Å². The summed E-state index contributed by atoms with van der Waals surface area (Å²) in [5.41, 5.74) is -0.154. The molecule has 0 amide bonds. The van der Waals surface area contributed by atoms with E-state index >= 15 is 0 Å². The maximum atomic E-state index is 12.4. The van der Waals surface area contributed by atoms with Crippen LogP contribution in [0.25, 0.3) is 0 Å². The minimum atomic E-state index is -4.36. The zero-order valence-electron chi connectivity index (χ0n) is 9.80. The van der Waals surface area contributed by atoms with E-state index in [4.69, 9.17) is 0 Å². The molecule has 7 heteroatoms. The summed E-state index contributed by atoms with van der Waals surface area (Å²) in [6, 6.07) is 6.34. The molecule has 0 aliphatic heterocycles. The third kappa shape index (κ3) is 3.71. The molecule has 1 aromatic carbocycles. The second kappa shape index (κ2) is 5.99. The summed E-state index contributed by atoms with van der Waals surface area (Å²) in [7, 11) is 0. The molecule has 0 fully saturated rings. The van der Waals surface area contributed by atoms with Crippen LogP contribution in [0.5, 0.6) is 0 Å². The number of Topliss-reactive ketones (excluding diaryl/α,β-unsaturated/α-hetero) is 1. The lowest BCUT2D eigenvalue weighted by molar-refractivity contribution is -0.137. The molecule has 1 nitrogen and oxygen atoms in total. The molecule has 2 aromatic rings. The Morgan fingerprint density at radius 3 is 2.20 bits per heavy atom. The quantitative estimate of drug-likeness (QED) is 0.572. The molecule has 0 atom stereocenters. The Bertz CT molecular complexity index is 613. The number of hydrogen-bond donors (Lipinski definition) is 0. The van der Waals surface area contributed by atoms with Crippen LogP contribution in [0.4, 0.5) is 13.2 Å². The monoisotopic (exact) mass is 426 g/mol. The van der Waals surface area contributed by atoms with E-state index in [1.165, 1.54) is 23.5 Å². The van der Waals surface area contributed by atoms with Crippen LogP contribution in [0.3, 0.4) is 0 Å². The molecule has 1 heterocycles. The highest BCUT2D eigenvalue weighted by molar-refractivity contribution is 9.13. The molecule has 0 bridgehead atoms. The zero-order valence-corrected chi connectivity index (χ0v) is 13.8. The summed E-state index contributed by atoms with van der Waals surface area (Å²) in [5.74, 6) is -0.124. The van der Waals surface area contributed by atoms with E-state index in [-0.39, 0.29) is 12.2 Å². The first-order valence-electron chi connectivity index (χ1n) is 5.41. The summed E-state index contributed by atoms with van der Waals surface area (Å²) in [4.78, 5) is 12.6. The Labute approximate surface area is 134 Å². The summed E-state index contributed by atoms with van der Waals surface area (Å²) < 4.78 is 38.9. The number of alkyl halides is 3. The third-order valence-electron chi connectivity index (χ3n) is 2.57. The highest BCUT2D eigenvalue weighted by atomic mass is 79.9. The van der Waals surface area contributed by atoms with Gasteiger partial charge in [0.2, 0.25) is 0 Å². The molecule has 2 rings (SSSR count). The second-order valence-electron chi connectivity index (χ2n) is 4.03. The molecule has 0 saturated heterocycles. The van der Waals surface area contributed by atoms with E-state index < -0.39 is 11.7 Å². The molecule has 0 aliphatic carbocycles. The maximum absolute atomic E-state index is 12.4. The van der Waals surface area contributed by atoms with Gasteiger partial charge in [-0.25, -0.2) is 0 Å². The van der Waals surface area contributed by atoms with Gasteiger partial charge in [0.25, 0.3) is 0 Å². The Kier molecular flexibility index (Phi) is 4.71. The van der Waals surface area contributed by atoms with Crippen LogP contribution in [0, 0.1) is 0 Å². The van der Waals surface area contributed by atoms with Gasteiger partial charge < -0.3 is 0 Å². The normalized spacial score (nSPS) is 11.7. The van der Waals surface area contributed by atoms with Crippen LogP contribution < -0.4 is 0 Å². The molecule has 1 aromatic heterocycles. The summed E-state index contributed by atoms with van der Waals surface area (Å²) >= 11 is 7.87. The molecule has 0 unspecified atom stereocenters. The van der Waals surface area contributed by atoms with Crippen LogP contribution in [0.2, 0.25) is 0 Å². The minimum absolute atomic E-state index is 0.0809. The van der Waals surface area contributed by atoms with Crippen molar-refractivity contribution in [3.63, 3.8) is 0 Å². The number of thiophene rings is 1. The van der Waals surface area contributed by atoms with Gasteiger partial charge in [-0.1, -0.05) is 12.1 Å². The van der Waals surface area contributed by atoms with Gasteiger partial charge in [0.1, 0.15) is 0 Å². The molecule has 0 N–H and O–H groups in total. The van der Waals surface area contributed by atoms with Crippen LogP contribution in [-0.2, 0) is 12.6 Å². The summed E-state index contributed by atoms with van der Waals surface area (Å²) in [6.07, 6.45) is -4.27. The maximum Gasteiger partial charge on any atom is 0.416 e. The molecule has 0 aliphatic rings. The highest BCUT2D eigenvalue weighted by Crippen LogP contribution is 2.33. The SMILES string of the molecule is O=C(Cc1ccc(C(F)(F)F)cc1)c1cc(Br)c(Br)s1. The van der Waals surface area contributed by atoms with Gasteiger partial charge in [0.15, 0.2) is 5.78 Å². The second-order valence-corrected chi connectivity index (χ2v) is 7.25. The summed E-state index contributed by atoms with van der Waals surface area (Å²) in [5, 5.41) is 0. The fraction of sp³-hybridized carbons (Fsp3) is 0.154. The van der Waals surface area contributed by atoms with E-state index in [0.29, 0.717) is 10.4 Å². The largest absolute Gasteiger partial charge is 0.416 e. The van der Waals surface area contributed by atoms with E-state index in [2.05, 4.69) is 31.9 Å². The summed E-state index contributed by atoms with van der Waals surface area (Å²) in [6.45, 7) is 0. The predicted molar refractivity (Wildman–Crippen MR) is 79.2 cm³/mol. The molecular weight excluding hydrogens is 421 g/mol. The van der Waals surface area contributed by atoms with Gasteiger partial charge in [-0.3, -0.25) is 4.79 Å². The van der Waals surface area contributed by atoms with Gasteiger partial charge >= 0.3 is 6.18 Å². The average Bonchev–Trinajstić information content (AvgIpc) is 2.69. The Morgan fingerprint density at radius 1 is 1.15 bits per heavy atom. The van der Waals surface area contributed by atoms with Crippen molar-refractivity contribution in [3.8, 4) is 0 Å². The van der Waals surface area contributed by atoms with Crippen molar-refractivity contribution in [1.29, 1.82) is 0 Å². The lowest BCUT2D eigenvalue weighted by Gasteiger charge is -2.07. The number of rotatable bonds is 3. The van der Waals surface area contributed by atoms with Gasteiger partial charge in [-0.05, 0) is 55.6 Å². The fourth-order valence-electron chi connectivity index (χ4n) is 1.57. The Morgan fingerprint density at radius 2 is 1.75 bits per heavy atom. The zero-order chi connectivity index (χ0) is 14.9. The Hall–Kier alpha value is -0.660. The van der Waals surface area contributed by atoms with Crippen molar-refractivity contribution >= 4 is 49.0 Å². The van der Waals surface area contributed by atoms with E-state index in [1.807, 2.05) is 0 Å². The number of carbonyl (C=O) groups is 1. The standard InChI is InChI=1S/C13H7Br2F3OS/c14-9-6-11(20-12(9)15)10(19)5-7-1-3-8(4-2-7)13(16,17)18/h1-4,6H,5H2. The van der Waals surface area contributed by atoms with Gasteiger partial charge in [-0.15, -0.1) is 11.3 Å². The van der Waals surface area contributed by atoms with E-state index in [9.17, 15) is 18.0 Å². The van der Waals surface area contributed by atoms with Crippen LogP contribution in [0.15, 0.2) is 38.6 Å². The van der Waals surface area contributed by atoms with E-state index in [1.54, 1.807) is 6.07 Å². The van der Waals surface area contributed by atoms with E-state index in [0.717, 1.165) is 20.4 Å². The lowest BCUT2D eigenvalue weighted by Crippen LogP contribution is -2.06. The fourth-order valence-corrected chi connectivity index (χ4v) is 3.54. The lowest BCUT2D eigenvalue weighted by atomic mass is 10.1. The number of carbonyl (C=O) groups excluding carboxylic acids is 1. The van der Waals surface area contributed by atoms with Crippen molar-refractivity contribution in [1.82, 2.24) is 0 Å². The molecule has 106 valence electrons. The smallest absolute Gasteiger partial charge is 0.293 e. The van der Waals surface area contributed by atoms with Gasteiger partial charge in [0, 0.05) is 10.9 Å². The number of hydrogen-bond acceptors (Lipinski definition) is 2. The van der Waals surface area contributed by atoms with Crippen molar-refractivity contribution in [2.45, 2.75) is 12.6 Å². The van der Waals surface area contributed by atoms with Gasteiger partial charge in [0.05, 0.1) is 14.2 Å². The Balaban J connectivity index is 2.12. The molecule has 20 heavy (non-hydrogen) atoms. The minimum Gasteiger partial charge on any atom is -0.293 e. The highest BCUT2D eigenvalue weighted by Gasteiger charge is 2.30. The number of ketones is 1. The van der Waals surface area contributed by atoms with Crippen LogP contribution >= 0.6 is 43.2 Å². The van der Waals surface area contributed by atoms with Crippen molar-refractivity contribution in [3.05, 3.63) is 54.6 Å². The number of benzene rings is 1. The first-order chi connectivity index (χ1) is 9.27. The molecule has 0 radical (unpaired) electrons. The third-order valence-corrected chi connectivity index (χ3v) is 5.86. The topological polar surface area (TPSA) is 17.1 Å². The molecular formula is C13H7Br2F3OS.